The van der Waals surface area contributed by atoms with Gasteiger partial charge in [0.25, 0.3) is 0 Å². The molecule has 22 heavy (non-hydrogen) atoms. The lowest BCUT2D eigenvalue weighted by atomic mass is 10.0. The number of benzene rings is 1. The van der Waals surface area contributed by atoms with E-state index in [-0.39, 0.29) is 0 Å². The fourth-order valence-electron chi connectivity index (χ4n) is 2.78. The number of anilines is 1. The number of hydrogen-bond donors (Lipinski definition) is 2. The fraction of sp³-hybridized carbons (Fsp3) is 0.667. The lowest BCUT2D eigenvalue weighted by molar-refractivity contribution is 0.0246. The maximum atomic E-state index is 9.92. The number of hydrogen-bond acceptors (Lipinski definition) is 4. The van der Waals surface area contributed by atoms with Gasteiger partial charge in [-0.2, -0.15) is 0 Å². The van der Waals surface area contributed by atoms with Gasteiger partial charge >= 0.3 is 0 Å². The molecule has 124 valence electrons. The molecule has 0 spiro atoms. The number of aliphatic hydroxyl groups excluding tert-OH is 1. The van der Waals surface area contributed by atoms with Gasteiger partial charge in [-0.05, 0) is 30.9 Å². The van der Waals surface area contributed by atoms with Gasteiger partial charge < -0.3 is 20.1 Å². The Morgan fingerprint density at radius 3 is 2.50 bits per heavy atom. The third-order valence-electron chi connectivity index (χ3n) is 4.02. The highest BCUT2D eigenvalue weighted by atomic mass is 16.5. The average Bonchev–Trinajstić information content (AvgIpc) is 2.54. The van der Waals surface area contributed by atoms with Crippen LogP contribution < -0.4 is 10.2 Å². The van der Waals surface area contributed by atoms with Crippen molar-refractivity contribution >= 4 is 5.69 Å². The molecule has 1 unspecified atom stereocenters. The Hall–Kier alpha value is -1.10. The summed E-state index contributed by atoms with van der Waals surface area (Å²) in [6, 6.07) is 11.1. The van der Waals surface area contributed by atoms with Crippen LogP contribution in [0.3, 0.4) is 0 Å². The van der Waals surface area contributed by atoms with Crippen molar-refractivity contribution in [1.82, 2.24) is 5.32 Å². The van der Waals surface area contributed by atoms with E-state index in [1.54, 1.807) is 0 Å². The van der Waals surface area contributed by atoms with E-state index >= 15 is 0 Å². The third kappa shape index (κ3) is 5.95. The average molecular weight is 306 g/mol. The maximum Gasteiger partial charge on any atom is 0.0897 e. The zero-order valence-electron chi connectivity index (χ0n) is 13.9. The number of para-hydroxylation sites is 1. The normalized spacial score (nSPS) is 17.9. The van der Waals surface area contributed by atoms with Gasteiger partial charge in [0.2, 0.25) is 0 Å². The summed E-state index contributed by atoms with van der Waals surface area (Å²) < 4.78 is 5.47. The molecule has 2 rings (SSSR count). The first-order chi connectivity index (χ1) is 10.6. The molecule has 1 saturated heterocycles. The second kappa shape index (κ2) is 9.13. The summed E-state index contributed by atoms with van der Waals surface area (Å²) >= 11 is 0. The molecule has 2 N–H and O–H groups in total. The van der Waals surface area contributed by atoms with Gasteiger partial charge in [-0.3, -0.25) is 0 Å². The van der Waals surface area contributed by atoms with Crippen molar-refractivity contribution < 1.29 is 9.84 Å². The molecule has 1 aliphatic heterocycles. The van der Waals surface area contributed by atoms with Crippen LogP contribution in [0.1, 0.15) is 26.7 Å². The summed E-state index contributed by atoms with van der Waals surface area (Å²) in [6.07, 6.45) is 1.83. The highest BCUT2D eigenvalue weighted by molar-refractivity contribution is 5.46. The molecule has 1 fully saturated rings. The van der Waals surface area contributed by atoms with E-state index in [4.69, 9.17) is 4.74 Å². The Balaban J connectivity index is 1.61. The number of nitrogens with one attached hydrogen (secondary N) is 1. The monoisotopic (exact) mass is 306 g/mol. The predicted molar refractivity (Wildman–Crippen MR) is 91.3 cm³/mol. The zero-order valence-corrected chi connectivity index (χ0v) is 13.9. The zero-order chi connectivity index (χ0) is 15.8. The third-order valence-corrected chi connectivity index (χ3v) is 4.02. The predicted octanol–water partition coefficient (Wildman–Crippen LogP) is 2.28. The standard InChI is InChI=1S/C18H30N2O2/c1-15(2)13-22-14-18(21)12-19-16-8-10-20(11-9-16)17-6-4-3-5-7-17/h3-7,15-16,18-19,21H,8-14H2,1-2H3. The second-order valence-electron chi connectivity index (χ2n) is 6.59. The quantitative estimate of drug-likeness (QED) is 0.773. The molecule has 0 radical (unpaired) electrons. The first kappa shape index (κ1) is 17.3. The first-order valence-electron chi connectivity index (χ1n) is 8.44. The van der Waals surface area contributed by atoms with Crippen molar-refractivity contribution in [2.24, 2.45) is 5.92 Å². The minimum Gasteiger partial charge on any atom is -0.389 e. The Morgan fingerprint density at radius 1 is 1.18 bits per heavy atom. The molecule has 1 aliphatic rings. The van der Waals surface area contributed by atoms with Crippen LogP contribution in [0.15, 0.2) is 30.3 Å². The van der Waals surface area contributed by atoms with Crippen LogP contribution >= 0.6 is 0 Å². The van der Waals surface area contributed by atoms with Crippen LogP contribution in [0.5, 0.6) is 0 Å². The van der Waals surface area contributed by atoms with E-state index in [9.17, 15) is 5.11 Å². The molecule has 4 heteroatoms. The second-order valence-corrected chi connectivity index (χ2v) is 6.59. The Bertz CT molecular complexity index is 403. The van der Waals surface area contributed by atoms with Crippen molar-refractivity contribution in [3.8, 4) is 0 Å². The summed E-state index contributed by atoms with van der Waals surface area (Å²) in [5.41, 5.74) is 1.31. The van der Waals surface area contributed by atoms with Gasteiger partial charge in [-0.25, -0.2) is 0 Å². The summed E-state index contributed by atoms with van der Waals surface area (Å²) in [7, 11) is 0. The van der Waals surface area contributed by atoms with E-state index in [1.165, 1.54) is 5.69 Å². The lowest BCUT2D eigenvalue weighted by Crippen LogP contribution is -2.45. The largest absolute Gasteiger partial charge is 0.389 e. The highest BCUT2D eigenvalue weighted by Gasteiger charge is 2.19. The molecule has 1 aromatic carbocycles. The topological polar surface area (TPSA) is 44.7 Å². The number of ether oxygens (including phenoxy) is 1. The van der Waals surface area contributed by atoms with Gasteiger partial charge in [-0.1, -0.05) is 32.0 Å². The minimum atomic E-state index is -0.411. The van der Waals surface area contributed by atoms with E-state index in [0.29, 0.717) is 31.7 Å². The van der Waals surface area contributed by atoms with Crippen molar-refractivity contribution in [1.29, 1.82) is 0 Å². The Labute approximate surface area is 134 Å². The smallest absolute Gasteiger partial charge is 0.0897 e. The molecule has 1 aromatic rings. The van der Waals surface area contributed by atoms with Crippen molar-refractivity contribution in [3.63, 3.8) is 0 Å². The fourth-order valence-corrected chi connectivity index (χ4v) is 2.78. The van der Waals surface area contributed by atoms with E-state index in [0.717, 1.165) is 25.9 Å². The number of nitrogens with zero attached hydrogens (tertiary/aromatic N) is 1. The Kier molecular flexibility index (Phi) is 7.16. The summed E-state index contributed by atoms with van der Waals surface area (Å²) in [5.74, 6) is 0.516. The summed E-state index contributed by atoms with van der Waals surface area (Å²) in [4.78, 5) is 2.43. The number of rotatable bonds is 8. The van der Waals surface area contributed by atoms with Crippen LogP contribution in [-0.4, -0.2) is 50.1 Å². The highest BCUT2D eigenvalue weighted by Crippen LogP contribution is 2.19. The molecule has 0 saturated carbocycles. The van der Waals surface area contributed by atoms with Crippen LogP contribution in [0.25, 0.3) is 0 Å². The van der Waals surface area contributed by atoms with Crippen LogP contribution in [0.4, 0.5) is 5.69 Å². The van der Waals surface area contributed by atoms with Gasteiger partial charge in [-0.15, -0.1) is 0 Å². The molecular formula is C18H30N2O2. The van der Waals surface area contributed by atoms with Crippen LogP contribution in [0.2, 0.25) is 0 Å². The van der Waals surface area contributed by atoms with Gasteiger partial charge in [0.05, 0.1) is 12.7 Å². The van der Waals surface area contributed by atoms with Gasteiger partial charge in [0, 0.05) is 38.0 Å². The first-order valence-corrected chi connectivity index (χ1v) is 8.44. The molecule has 0 amide bonds. The molecule has 1 heterocycles. The molecule has 0 bridgehead atoms. The van der Waals surface area contributed by atoms with Crippen LogP contribution in [-0.2, 0) is 4.74 Å². The number of piperidine rings is 1. The lowest BCUT2D eigenvalue weighted by Gasteiger charge is -2.34. The maximum absolute atomic E-state index is 9.92. The van der Waals surface area contributed by atoms with Crippen molar-refractivity contribution in [2.45, 2.75) is 38.8 Å². The van der Waals surface area contributed by atoms with E-state index < -0.39 is 6.10 Å². The molecule has 0 aliphatic carbocycles. The summed E-state index contributed by atoms with van der Waals surface area (Å²) in [5, 5.41) is 13.4. The van der Waals surface area contributed by atoms with Crippen molar-refractivity contribution in [3.05, 3.63) is 30.3 Å². The molecule has 0 aromatic heterocycles. The summed E-state index contributed by atoms with van der Waals surface area (Å²) in [6.45, 7) is 8.13. The Morgan fingerprint density at radius 2 is 1.86 bits per heavy atom. The van der Waals surface area contributed by atoms with Gasteiger partial charge in [0.1, 0.15) is 0 Å². The molecule has 1 atom stereocenters. The minimum absolute atomic E-state index is 0.411. The van der Waals surface area contributed by atoms with Crippen LogP contribution in [0, 0.1) is 5.92 Å². The van der Waals surface area contributed by atoms with E-state index in [1.807, 2.05) is 0 Å². The van der Waals surface area contributed by atoms with Crippen molar-refractivity contribution in [2.75, 3.05) is 37.7 Å². The molecular weight excluding hydrogens is 276 g/mol. The van der Waals surface area contributed by atoms with Gasteiger partial charge in [0.15, 0.2) is 0 Å². The SMILES string of the molecule is CC(C)COCC(O)CNC1CCN(c2ccccc2)CC1. The molecule has 4 nitrogen and oxygen atoms in total. The van der Waals surface area contributed by atoms with E-state index in [2.05, 4.69) is 54.4 Å². The number of aliphatic hydroxyl groups is 1.